The number of hydrogen-bond donors (Lipinski definition) is 1. The Kier molecular flexibility index (Phi) is 6.11. The van der Waals surface area contributed by atoms with Gasteiger partial charge in [-0.2, -0.15) is 5.10 Å². The molecule has 3 rings (SSSR count). The number of aryl methyl sites for hydroxylation is 1. The van der Waals surface area contributed by atoms with E-state index in [1.54, 1.807) is 24.1 Å². The molecule has 1 N–H and O–H groups in total. The van der Waals surface area contributed by atoms with Crippen LogP contribution in [0, 0.1) is 0 Å². The molecule has 27 heavy (non-hydrogen) atoms. The summed E-state index contributed by atoms with van der Waals surface area (Å²) in [5.74, 6) is 0.455. The Morgan fingerprint density at radius 2 is 2.00 bits per heavy atom. The molecule has 1 aromatic heterocycles. The maximum absolute atomic E-state index is 12.5. The lowest BCUT2D eigenvalue weighted by molar-refractivity contribution is -0.132. The number of amides is 2. The van der Waals surface area contributed by atoms with E-state index in [1.165, 1.54) is 0 Å². The van der Waals surface area contributed by atoms with Crippen molar-refractivity contribution in [1.29, 1.82) is 0 Å². The fraction of sp³-hybridized carbons (Fsp3) is 0.450. The van der Waals surface area contributed by atoms with Crippen LogP contribution in [0.5, 0.6) is 5.75 Å². The van der Waals surface area contributed by atoms with Gasteiger partial charge in [-0.15, -0.1) is 0 Å². The highest BCUT2D eigenvalue weighted by Crippen LogP contribution is 2.27. The maximum Gasteiger partial charge on any atom is 0.260 e. The maximum atomic E-state index is 12.5. The number of hydrogen-bond acceptors (Lipinski definition) is 4. The number of carbonyl (C=O) groups is 2. The molecule has 7 heteroatoms. The molecule has 0 spiro atoms. The van der Waals surface area contributed by atoms with Crippen molar-refractivity contribution in [2.75, 3.05) is 19.7 Å². The normalized spacial score (nSPS) is 14.8. The van der Waals surface area contributed by atoms with E-state index in [2.05, 4.69) is 10.4 Å². The zero-order valence-corrected chi connectivity index (χ0v) is 15.9. The Morgan fingerprint density at radius 3 is 2.67 bits per heavy atom. The second-order valence-corrected chi connectivity index (χ2v) is 6.75. The Morgan fingerprint density at radius 1 is 1.26 bits per heavy atom. The van der Waals surface area contributed by atoms with E-state index in [9.17, 15) is 9.59 Å². The van der Waals surface area contributed by atoms with Gasteiger partial charge in [0.25, 0.3) is 11.8 Å². The van der Waals surface area contributed by atoms with Crippen LogP contribution >= 0.6 is 0 Å². The molecule has 1 unspecified atom stereocenters. The van der Waals surface area contributed by atoms with Gasteiger partial charge in [-0.05, 0) is 25.3 Å². The molecule has 1 saturated heterocycles. The number of likely N-dealkylation sites (tertiary alicyclic amines) is 1. The molecule has 2 heterocycles. The highest BCUT2D eigenvalue weighted by molar-refractivity contribution is 5.94. The third kappa shape index (κ3) is 4.67. The first-order valence-electron chi connectivity index (χ1n) is 9.37. The van der Waals surface area contributed by atoms with Crippen molar-refractivity contribution in [3.63, 3.8) is 0 Å². The van der Waals surface area contributed by atoms with Gasteiger partial charge in [0.05, 0.1) is 17.8 Å². The van der Waals surface area contributed by atoms with E-state index in [0.717, 1.165) is 31.5 Å². The number of carbonyl (C=O) groups excluding carboxylic acids is 2. The lowest BCUT2D eigenvalue weighted by Gasteiger charge is -2.21. The van der Waals surface area contributed by atoms with Crippen molar-refractivity contribution >= 4 is 11.8 Å². The summed E-state index contributed by atoms with van der Waals surface area (Å²) >= 11 is 0. The van der Waals surface area contributed by atoms with Crippen LogP contribution in [0.3, 0.4) is 0 Å². The smallest absolute Gasteiger partial charge is 0.260 e. The molecular weight excluding hydrogens is 344 g/mol. The summed E-state index contributed by atoms with van der Waals surface area (Å²) in [5.41, 5.74) is 1.38. The largest absolute Gasteiger partial charge is 0.483 e. The molecule has 144 valence electrons. The van der Waals surface area contributed by atoms with Crippen LogP contribution in [0.1, 0.15) is 48.1 Å². The molecular formula is C20H26N4O3. The highest BCUT2D eigenvalue weighted by atomic mass is 16.5. The van der Waals surface area contributed by atoms with Crippen molar-refractivity contribution in [2.45, 2.75) is 32.2 Å². The predicted molar refractivity (Wildman–Crippen MR) is 101 cm³/mol. The first-order valence-corrected chi connectivity index (χ1v) is 9.37. The van der Waals surface area contributed by atoms with Crippen molar-refractivity contribution in [3.05, 3.63) is 47.8 Å². The van der Waals surface area contributed by atoms with Crippen LogP contribution in [0.25, 0.3) is 0 Å². The van der Waals surface area contributed by atoms with Crippen molar-refractivity contribution in [3.8, 4) is 5.75 Å². The van der Waals surface area contributed by atoms with Gasteiger partial charge in [0.15, 0.2) is 6.61 Å². The van der Waals surface area contributed by atoms with Gasteiger partial charge in [-0.25, -0.2) is 0 Å². The fourth-order valence-corrected chi connectivity index (χ4v) is 3.28. The van der Waals surface area contributed by atoms with E-state index in [0.29, 0.717) is 17.7 Å². The lowest BCUT2D eigenvalue weighted by Crippen LogP contribution is -2.32. The summed E-state index contributed by atoms with van der Waals surface area (Å²) in [6.07, 6.45) is 6.03. The second-order valence-electron chi connectivity index (χ2n) is 6.75. The summed E-state index contributed by atoms with van der Waals surface area (Å²) in [5, 5.41) is 7.06. The number of nitrogens with zero attached hydrogens (tertiary/aromatic N) is 3. The Hall–Kier alpha value is -2.83. The molecule has 0 bridgehead atoms. The first kappa shape index (κ1) is 18.9. The Balaban J connectivity index is 1.68. The van der Waals surface area contributed by atoms with Gasteiger partial charge < -0.3 is 15.0 Å². The van der Waals surface area contributed by atoms with Gasteiger partial charge in [0, 0.05) is 31.9 Å². The van der Waals surface area contributed by atoms with Gasteiger partial charge in [-0.1, -0.05) is 25.1 Å². The molecule has 1 atom stereocenters. The minimum atomic E-state index is -0.212. The summed E-state index contributed by atoms with van der Waals surface area (Å²) in [6.45, 7) is 3.63. The van der Waals surface area contributed by atoms with Crippen LogP contribution in [0.2, 0.25) is 0 Å². The Labute approximate surface area is 159 Å². The monoisotopic (exact) mass is 370 g/mol. The molecule has 0 saturated carbocycles. The van der Waals surface area contributed by atoms with Crippen molar-refractivity contribution in [1.82, 2.24) is 20.0 Å². The van der Waals surface area contributed by atoms with Crippen molar-refractivity contribution < 1.29 is 14.3 Å². The molecule has 7 nitrogen and oxygen atoms in total. The standard InChI is InChI=1S/C20H26N4O3/c1-3-17(22-20(26)15-12-21-23(2)13-15)16-8-4-5-9-18(16)27-14-19(25)24-10-6-7-11-24/h4-5,8-9,12-13,17H,3,6-7,10-11,14H2,1-2H3,(H,22,26). The number of ether oxygens (including phenoxy) is 1. The molecule has 1 aliphatic rings. The van der Waals surface area contributed by atoms with Crippen LogP contribution in [0.15, 0.2) is 36.7 Å². The topological polar surface area (TPSA) is 76.5 Å². The summed E-state index contributed by atoms with van der Waals surface area (Å²) < 4.78 is 7.42. The fourth-order valence-electron chi connectivity index (χ4n) is 3.28. The molecule has 0 aliphatic carbocycles. The molecule has 1 aliphatic heterocycles. The van der Waals surface area contributed by atoms with Gasteiger partial charge in [0.2, 0.25) is 0 Å². The third-order valence-electron chi connectivity index (χ3n) is 4.78. The minimum Gasteiger partial charge on any atom is -0.483 e. The molecule has 2 aromatic rings. The average Bonchev–Trinajstić information content (AvgIpc) is 3.36. The van der Waals surface area contributed by atoms with E-state index < -0.39 is 0 Å². The number of nitrogens with one attached hydrogen (secondary N) is 1. The van der Waals surface area contributed by atoms with Crippen LogP contribution in [-0.2, 0) is 11.8 Å². The number of benzene rings is 1. The first-order chi connectivity index (χ1) is 13.1. The SMILES string of the molecule is CCC(NC(=O)c1cnn(C)c1)c1ccccc1OCC(=O)N1CCCC1. The van der Waals surface area contributed by atoms with Gasteiger partial charge in [0.1, 0.15) is 5.75 Å². The number of rotatable bonds is 7. The molecule has 2 amide bonds. The Bertz CT molecular complexity index is 796. The number of aromatic nitrogens is 2. The molecule has 1 fully saturated rings. The van der Waals surface area contributed by atoms with E-state index in [-0.39, 0.29) is 24.5 Å². The zero-order valence-electron chi connectivity index (χ0n) is 15.9. The molecule has 1 aromatic carbocycles. The minimum absolute atomic E-state index is 0.00903. The average molecular weight is 370 g/mol. The van der Waals surface area contributed by atoms with E-state index >= 15 is 0 Å². The quantitative estimate of drug-likeness (QED) is 0.811. The van der Waals surface area contributed by atoms with Crippen LogP contribution in [-0.4, -0.2) is 46.2 Å². The van der Waals surface area contributed by atoms with E-state index in [1.807, 2.05) is 36.1 Å². The summed E-state index contributed by atoms with van der Waals surface area (Å²) in [4.78, 5) is 26.6. The second kappa shape index (κ2) is 8.70. The molecule has 0 radical (unpaired) electrons. The summed E-state index contributed by atoms with van der Waals surface area (Å²) in [7, 11) is 1.77. The van der Waals surface area contributed by atoms with Crippen LogP contribution in [0.4, 0.5) is 0 Å². The third-order valence-corrected chi connectivity index (χ3v) is 4.78. The summed E-state index contributed by atoms with van der Waals surface area (Å²) in [6, 6.07) is 7.33. The lowest BCUT2D eigenvalue weighted by atomic mass is 10.0. The predicted octanol–water partition coefficient (Wildman–Crippen LogP) is 2.30. The zero-order chi connectivity index (χ0) is 19.2. The van der Waals surface area contributed by atoms with Gasteiger partial charge in [-0.3, -0.25) is 14.3 Å². The van der Waals surface area contributed by atoms with Crippen LogP contribution < -0.4 is 10.1 Å². The number of para-hydroxylation sites is 1. The van der Waals surface area contributed by atoms with Crippen molar-refractivity contribution in [2.24, 2.45) is 7.05 Å². The van der Waals surface area contributed by atoms with Gasteiger partial charge >= 0.3 is 0 Å². The van der Waals surface area contributed by atoms with E-state index in [4.69, 9.17) is 4.74 Å². The highest BCUT2D eigenvalue weighted by Gasteiger charge is 2.21.